The Morgan fingerprint density at radius 2 is 1.94 bits per heavy atom. The molecule has 2 bridgehead atoms. The molecule has 0 aromatic heterocycles. The lowest BCUT2D eigenvalue weighted by Gasteiger charge is -2.40. The average molecular weight is 240 g/mol. The van der Waals surface area contributed by atoms with Crippen molar-refractivity contribution in [1.29, 1.82) is 0 Å². The van der Waals surface area contributed by atoms with Crippen molar-refractivity contribution in [2.24, 2.45) is 5.73 Å². The second kappa shape index (κ2) is 3.58. The van der Waals surface area contributed by atoms with E-state index in [9.17, 15) is 22.4 Å². The van der Waals surface area contributed by atoms with Gasteiger partial charge in [0.2, 0.25) is 0 Å². The van der Waals surface area contributed by atoms with Crippen LogP contribution in [0, 0.1) is 0 Å². The third kappa shape index (κ3) is 1.66. The number of alkyl halides is 4. The minimum atomic E-state index is -4.93. The SMILES string of the molecule is N[C@H]1C[C@@H]2CC[C@H]([C@H]1F)N2C(=O)C(F)(F)F. The number of carbonyl (C=O) groups excluding carboxylic acids is 1. The van der Waals surface area contributed by atoms with Gasteiger partial charge in [-0.2, -0.15) is 13.2 Å². The van der Waals surface area contributed by atoms with Crippen LogP contribution in [0.1, 0.15) is 19.3 Å². The van der Waals surface area contributed by atoms with E-state index in [0.717, 1.165) is 0 Å². The lowest BCUT2D eigenvalue weighted by atomic mass is 9.96. The van der Waals surface area contributed by atoms with Crippen molar-refractivity contribution >= 4 is 5.91 Å². The molecule has 0 unspecified atom stereocenters. The fourth-order valence-electron chi connectivity index (χ4n) is 2.65. The van der Waals surface area contributed by atoms with Crippen molar-refractivity contribution in [1.82, 2.24) is 4.90 Å². The molecular formula is C9H12F4N2O. The van der Waals surface area contributed by atoms with E-state index >= 15 is 0 Å². The minimum Gasteiger partial charge on any atom is -0.326 e. The van der Waals surface area contributed by atoms with Crippen LogP contribution in [0.4, 0.5) is 17.6 Å². The van der Waals surface area contributed by atoms with E-state index in [0.29, 0.717) is 11.3 Å². The van der Waals surface area contributed by atoms with Crippen LogP contribution in [0.2, 0.25) is 0 Å². The van der Waals surface area contributed by atoms with Gasteiger partial charge >= 0.3 is 12.1 Å². The zero-order valence-corrected chi connectivity index (χ0v) is 8.38. The fourth-order valence-corrected chi connectivity index (χ4v) is 2.65. The maximum atomic E-state index is 13.6. The van der Waals surface area contributed by atoms with E-state index in [1.807, 2.05) is 0 Å². The third-order valence-electron chi connectivity index (χ3n) is 3.34. The van der Waals surface area contributed by atoms with Gasteiger partial charge in [0.1, 0.15) is 6.17 Å². The van der Waals surface area contributed by atoms with E-state index in [-0.39, 0.29) is 12.8 Å². The number of hydrogen-bond donors (Lipinski definition) is 1. The van der Waals surface area contributed by atoms with Crippen molar-refractivity contribution in [3.05, 3.63) is 0 Å². The zero-order valence-electron chi connectivity index (χ0n) is 8.38. The Morgan fingerprint density at radius 1 is 1.31 bits per heavy atom. The Morgan fingerprint density at radius 3 is 2.50 bits per heavy atom. The Kier molecular flexibility index (Phi) is 2.60. The van der Waals surface area contributed by atoms with Gasteiger partial charge < -0.3 is 10.6 Å². The highest BCUT2D eigenvalue weighted by Gasteiger charge is 2.54. The summed E-state index contributed by atoms with van der Waals surface area (Å²) in [7, 11) is 0. The van der Waals surface area contributed by atoms with Crippen LogP contribution in [0.15, 0.2) is 0 Å². The normalized spacial score (nSPS) is 38.9. The Hall–Kier alpha value is -0.850. The maximum absolute atomic E-state index is 13.6. The molecule has 0 aliphatic carbocycles. The van der Waals surface area contributed by atoms with E-state index < -0.39 is 36.4 Å². The van der Waals surface area contributed by atoms with Gasteiger partial charge in [0, 0.05) is 12.1 Å². The number of piperidine rings is 1. The number of amides is 1. The van der Waals surface area contributed by atoms with Crippen LogP contribution in [0.25, 0.3) is 0 Å². The van der Waals surface area contributed by atoms with Gasteiger partial charge in [-0.3, -0.25) is 4.79 Å². The molecule has 0 spiro atoms. The quantitative estimate of drug-likeness (QED) is 0.641. The topological polar surface area (TPSA) is 46.3 Å². The van der Waals surface area contributed by atoms with Gasteiger partial charge in [-0.05, 0) is 19.3 Å². The van der Waals surface area contributed by atoms with Gasteiger partial charge in [-0.1, -0.05) is 0 Å². The predicted molar refractivity (Wildman–Crippen MR) is 47.2 cm³/mol. The van der Waals surface area contributed by atoms with Gasteiger partial charge in [-0.25, -0.2) is 4.39 Å². The molecule has 2 rings (SSSR count). The first-order chi connectivity index (χ1) is 7.32. The maximum Gasteiger partial charge on any atom is 0.471 e. The molecule has 92 valence electrons. The standard InChI is InChI=1S/C9H12F4N2O/c10-7-5(14)3-4-1-2-6(7)15(4)8(16)9(11,12)13/h4-7H,1-3,14H2/t4-,5-,6+,7-/m0/s1. The lowest BCUT2D eigenvalue weighted by molar-refractivity contribution is -0.191. The largest absolute Gasteiger partial charge is 0.471 e. The van der Waals surface area contributed by atoms with Crippen LogP contribution < -0.4 is 5.73 Å². The molecular weight excluding hydrogens is 228 g/mol. The molecule has 0 saturated carbocycles. The number of carbonyl (C=O) groups is 1. The fraction of sp³-hybridized carbons (Fsp3) is 0.889. The van der Waals surface area contributed by atoms with Gasteiger partial charge in [-0.15, -0.1) is 0 Å². The zero-order chi connectivity index (χ0) is 12.1. The molecule has 2 saturated heterocycles. The third-order valence-corrected chi connectivity index (χ3v) is 3.34. The second-order valence-electron chi connectivity index (χ2n) is 4.35. The lowest BCUT2D eigenvalue weighted by Crippen LogP contribution is -2.59. The molecule has 2 fully saturated rings. The molecule has 0 aromatic carbocycles. The molecule has 16 heavy (non-hydrogen) atoms. The highest BCUT2D eigenvalue weighted by Crippen LogP contribution is 2.39. The molecule has 2 heterocycles. The summed E-state index contributed by atoms with van der Waals surface area (Å²) in [6.07, 6.45) is -5.70. The minimum absolute atomic E-state index is 0.111. The number of halogens is 4. The molecule has 0 radical (unpaired) electrons. The molecule has 1 amide bonds. The van der Waals surface area contributed by atoms with E-state index in [4.69, 9.17) is 5.73 Å². The molecule has 2 aliphatic heterocycles. The Bertz CT molecular complexity index is 306. The summed E-state index contributed by atoms with van der Waals surface area (Å²) in [5.74, 6) is -1.94. The summed E-state index contributed by atoms with van der Waals surface area (Å²) in [5.41, 5.74) is 5.48. The van der Waals surface area contributed by atoms with Gasteiger partial charge in [0.15, 0.2) is 0 Å². The number of nitrogens with two attached hydrogens (primary N) is 1. The monoisotopic (exact) mass is 240 g/mol. The van der Waals surface area contributed by atoms with Gasteiger partial charge in [0.05, 0.1) is 6.04 Å². The molecule has 3 nitrogen and oxygen atoms in total. The van der Waals surface area contributed by atoms with Crippen molar-refractivity contribution in [3.8, 4) is 0 Å². The summed E-state index contributed by atoms with van der Waals surface area (Å²) in [6, 6.07) is -2.31. The van der Waals surface area contributed by atoms with Crippen LogP contribution >= 0.6 is 0 Å². The van der Waals surface area contributed by atoms with Crippen molar-refractivity contribution < 1.29 is 22.4 Å². The van der Waals surface area contributed by atoms with Gasteiger partial charge in [0.25, 0.3) is 0 Å². The summed E-state index contributed by atoms with van der Waals surface area (Å²) >= 11 is 0. The summed E-state index contributed by atoms with van der Waals surface area (Å²) in [4.78, 5) is 11.8. The van der Waals surface area contributed by atoms with Crippen LogP contribution in [0.5, 0.6) is 0 Å². The Labute approximate surface area is 89.6 Å². The first-order valence-corrected chi connectivity index (χ1v) is 5.11. The smallest absolute Gasteiger partial charge is 0.326 e. The van der Waals surface area contributed by atoms with Crippen molar-refractivity contribution in [2.45, 2.75) is 49.7 Å². The summed E-state index contributed by atoms with van der Waals surface area (Å²) < 4.78 is 50.4. The van der Waals surface area contributed by atoms with Crippen molar-refractivity contribution in [2.75, 3.05) is 0 Å². The molecule has 2 aliphatic rings. The molecule has 2 N–H and O–H groups in total. The highest BCUT2D eigenvalue weighted by molar-refractivity contribution is 5.83. The van der Waals surface area contributed by atoms with E-state index in [1.54, 1.807) is 0 Å². The number of nitrogens with zero attached hydrogens (tertiary/aromatic N) is 1. The summed E-state index contributed by atoms with van der Waals surface area (Å²) in [6.45, 7) is 0. The van der Waals surface area contributed by atoms with Crippen molar-refractivity contribution in [3.63, 3.8) is 0 Å². The first-order valence-electron chi connectivity index (χ1n) is 5.11. The predicted octanol–water partition coefficient (Wildman–Crippen LogP) is 0.977. The molecule has 7 heteroatoms. The first kappa shape index (κ1) is 11.6. The second-order valence-corrected chi connectivity index (χ2v) is 4.35. The van der Waals surface area contributed by atoms with Crippen LogP contribution in [-0.2, 0) is 4.79 Å². The number of hydrogen-bond acceptors (Lipinski definition) is 2. The number of rotatable bonds is 0. The highest BCUT2D eigenvalue weighted by atomic mass is 19.4. The van der Waals surface area contributed by atoms with Crippen LogP contribution in [-0.4, -0.2) is 41.3 Å². The van der Waals surface area contributed by atoms with E-state index in [2.05, 4.69) is 0 Å². The summed E-state index contributed by atoms with van der Waals surface area (Å²) in [5, 5.41) is 0. The molecule has 0 aromatic rings. The van der Waals surface area contributed by atoms with E-state index in [1.165, 1.54) is 0 Å². The van der Waals surface area contributed by atoms with Crippen LogP contribution in [0.3, 0.4) is 0 Å². The number of fused-ring (bicyclic) bond motifs is 2. The Balaban J connectivity index is 2.21. The molecule has 4 atom stereocenters. The average Bonchev–Trinajstić information content (AvgIpc) is 2.50.